The van der Waals surface area contributed by atoms with Gasteiger partial charge in [-0.15, -0.1) is 0 Å². The molecule has 19 heavy (non-hydrogen) atoms. The summed E-state index contributed by atoms with van der Waals surface area (Å²) in [5.41, 5.74) is 0.935. The van der Waals surface area contributed by atoms with Gasteiger partial charge >= 0.3 is 5.97 Å². The molecule has 2 rings (SSSR count). The van der Waals surface area contributed by atoms with Crippen LogP contribution in [-0.4, -0.2) is 34.9 Å². The molecule has 5 nitrogen and oxygen atoms in total. The number of aliphatic hydroxyl groups excluding tert-OH is 1. The Morgan fingerprint density at radius 3 is 2.74 bits per heavy atom. The van der Waals surface area contributed by atoms with Crippen molar-refractivity contribution < 1.29 is 19.7 Å². The van der Waals surface area contributed by atoms with Crippen LogP contribution in [0.1, 0.15) is 30.7 Å². The smallest absolute Gasteiger partial charge is 0.303 e. The Morgan fingerprint density at radius 2 is 2.26 bits per heavy atom. The second-order valence-corrected chi connectivity index (χ2v) is 5.12. The van der Waals surface area contributed by atoms with Gasteiger partial charge in [0.2, 0.25) is 5.88 Å². The SMILES string of the molecule is COc1ccc(C(CC(=O)O)C2CC(CO)C2)cn1. The first-order valence-electron chi connectivity index (χ1n) is 6.46. The Hall–Kier alpha value is -1.62. The predicted octanol–water partition coefficient (Wildman–Crippen LogP) is 1.67. The summed E-state index contributed by atoms with van der Waals surface area (Å²) < 4.78 is 5.00. The van der Waals surface area contributed by atoms with Crippen molar-refractivity contribution >= 4 is 5.97 Å². The van der Waals surface area contributed by atoms with E-state index in [0.29, 0.717) is 17.7 Å². The first-order chi connectivity index (χ1) is 9.13. The molecule has 0 bridgehead atoms. The molecule has 1 atom stereocenters. The lowest BCUT2D eigenvalue weighted by molar-refractivity contribution is -0.138. The zero-order valence-electron chi connectivity index (χ0n) is 11.0. The molecule has 0 radical (unpaired) electrons. The number of hydrogen-bond donors (Lipinski definition) is 2. The summed E-state index contributed by atoms with van der Waals surface area (Å²) in [4.78, 5) is 15.1. The molecule has 1 aromatic heterocycles. The summed E-state index contributed by atoms with van der Waals surface area (Å²) in [6.45, 7) is 0.192. The van der Waals surface area contributed by atoms with Crippen LogP contribution in [0.15, 0.2) is 18.3 Å². The van der Waals surface area contributed by atoms with Gasteiger partial charge in [-0.1, -0.05) is 6.07 Å². The second kappa shape index (κ2) is 6.02. The third-order valence-electron chi connectivity index (χ3n) is 3.89. The van der Waals surface area contributed by atoms with E-state index in [1.807, 2.05) is 6.07 Å². The Balaban J connectivity index is 2.10. The van der Waals surface area contributed by atoms with Gasteiger partial charge in [-0.05, 0) is 36.2 Å². The van der Waals surface area contributed by atoms with Crippen molar-refractivity contribution in [3.63, 3.8) is 0 Å². The van der Waals surface area contributed by atoms with Crippen LogP contribution < -0.4 is 4.74 Å². The number of rotatable bonds is 6. The molecule has 104 valence electrons. The molecule has 1 aliphatic carbocycles. The fraction of sp³-hybridized carbons (Fsp3) is 0.571. The maximum Gasteiger partial charge on any atom is 0.303 e. The van der Waals surface area contributed by atoms with Crippen molar-refractivity contribution in [2.75, 3.05) is 13.7 Å². The summed E-state index contributed by atoms with van der Waals surface area (Å²) >= 11 is 0. The molecule has 0 aliphatic heterocycles. The first kappa shape index (κ1) is 13.8. The van der Waals surface area contributed by atoms with Gasteiger partial charge in [0, 0.05) is 18.9 Å². The van der Waals surface area contributed by atoms with Gasteiger partial charge in [-0.2, -0.15) is 0 Å². The number of ether oxygens (including phenoxy) is 1. The van der Waals surface area contributed by atoms with Crippen LogP contribution in [0.25, 0.3) is 0 Å². The predicted molar refractivity (Wildman–Crippen MR) is 69.1 cm³/mol. The minimum absolute atomic E-state index is 0.0290. The zero-order valence-corrected chi connectivity index (χ0v) is 11.0. The highest BCUT2D eigenvalue weighted by Gasteiger charge is 2.36. The van der Waals surface area contributed by atoms with Crippen LogP contribution in [-0.2, 0) is 4.79 Å². The molecule has 0 saturated heterocycles. The fourth-order valence-corrected chi connectivity index (χ4v) is 2.74. The van der Waals surface area contributed by atoms with Crippen molar-refractivity contribution in [3.8, 4) is 5.88 Å². The zero-order chi connectivity index (χ0) is 13.8. The molecule has 1 saturated carbocycles. The van der Waals surface area contributed by atoms with Crippen LogP contribution in [0.3, 0.4) is 0 Å². The van der Waals surface area contributed by atoms with Crippen molar-refractivity contribution in [2.24, 2.45) is 11.8 Å². The highest BCUT2D eigenvalue weighted by molar-refractivity contribution is 5.68. The molecule has 1 fully saturated rings. The van der Waals surface area contributed by atoms with Gasteiger partial charge in [-0.3, -0.25) is 4.79 Å². The molecule has 0 amide bonds. The number of aliphatic hydroxyl groups is 1. The molecule has 5 heteroatoms. The number of carboxylic acid groups (broad SMARTS) is 1. The molecule has 1 aliphatic rings. The van der Waals surface area contributed by atoms with E-state index in [-0.39, 0.29) is 18.9 Å². The molecular weight excluding hydrogens is 246 g/mol. The molecule has 0 spiro atoms. The molecule has 1 unspecified atom stereocenters. The number of aromatic nitrogens is 1. The highest BCUT2D eigenvalue weighted by atomic mass is 16.5. The van der Waals surface area contributed by atoms with Crippen molar-refractivity contribution in [3.05, 3.63) is 23.9 Å². The standard InChI is InChI=1S/C14H19NO4/c1-19-13-3-2-10(7-15-13)12(6-14(17)18)11-4-9(5-11)8-16/h2-3,7,9,11-12,16H,4-6,8H2,1H3,(H,17,18). The lowest BCUT2D eigenvalue weighted by Crippen LogP contribution is -2.32. The number of hydrogen-bond acceptors (Lipinski definition) is 4. The van der Waals surface area contributed by atoms with E-state index in [2.05, 4.69) is 4.98 Å². The number of nitrogens with zero attached hydrogens (tertiary/aromatic N) is 1. The van der Waals surface area contributed by atoms with Crippen molar-refractivity contribution in [1.29, 1.82) is 0 Å². The van der Waals surface area contributed by atoms with E-state index in [1.54, 1.807) is 19.4 Å². The van der Waals surface area contributed by atoms with Crippen LogP contribution in [0, 0.1) is 11.8 Å². The molecule has 0 aromatic carbocycles. The lowest BCUT2D eigenvalue weighted by atomic mass is 9.66. The number of carboxylic acids is 1. The van der Waals surface area contributed by atoms with E-state index >= 15 is 0 Å². The summed E-state index contributed by atoms with van der Waals surface area (Å²) in [7, 11) is 1.55. The second-order valence-electron chi connectivity index (χ2n) is 5.12. The summed E-state index contributed by atoms with van der Waals surface area (Å²) in [5.74, 6) is 0.350. The molecule has 2 N–H and O–H groups in total. The Bertz CT molecular complexity index is 426. The first-order valence-corrected chi connectivity index (χ1v) is 6.46. The number of aliphatic carboxylic acids is 1. The van der Waals surface area contributed by atoms with Gasteiger partial charge in [0.25, 0.3) is 0 Å². The number of carbonyl (C=O) groups is 1. The van der Waals surface area contributed by atoms with Gasteiger partial charge in [0.05, 0.1) is 13.5 Å². The minimum atomic E-state index is -0.798. The van der Waals surface area contributed by atoms with Crippen molar-refractivity contribution in [2.45, 2.75) is 25.2 Å². The normalized spacial score (nSPS) is 23.5. The number of pyridine rings is 1. The van der Waals surface area contributed by atoms with E-state index in [0.717, 1.165) is 18.4 Å². The van der Waals surface area contributed by atoms with E-state index in [1.165, 1.54) is 0 Å². The average Bonchev–Trinajstić information content (AvgIpc) is 2.36. The Kier molecular flexibility index (Phi) is 4.37. The molecular formula is C14H19NO4. The monoisotopic (exact) mass is 265 g/mol. The quantitative estimate of drug-likeness (QED) is 0.817. The topological polar surface area (TPSA) is 79.7 Å². The summed E-state index contributed by atoms with van der Waals surface area (Å²) in [6.07, 6.45) is 3.58. The van der Waals surface area contributed by atoms with Crippen LogP contribution in [0.4, 0.5) is 0 Å². The van der Waals surface area contributed by atoms with Gasteiger partial charge in [0.1, 0.15) is 0 Å². The van der Waals surface area contributed by atoms with Crippen LogP contribution in [0.2, 0.25) is 0 Å². The number of methoxy groups -OCH3 is 1. The van der Waals surface area contributed by atoms with Crippen molar-refractivity contribution in [1.82, 2.24) is 4.98 Å². The third-order valence-corrected chi connectivity index (χ3v) is 3.89. The maximum atomic E-state index is 11.0. The van der Waals surface area contributed by atoms with E-state index in [4.69, 9.17) is 14.9 Å². The summed E-state index contributed by atoms with van der Waals surface area (Å²) in [6, 6.07) is 3.64. The summed E-state index contributed by atoms with van der Waals surface area (Å²) in [5, 5.41) is 18.1. The largest absolute Gasteiger partial charge is 0.481 e. The fourth-order valence-electron chi connectivity index (χ4n) is 2.74. The van der Waals surface area contributed by atoms with Gasteiger partial charge in [-0.25, -0.2) is 4.98 Å². The highest BCUT2D eigenvalue weighted by Crippen LogP contribution is 2.44. The third kappa shape index (κ3) is 3.23. The van der Waals surface area contributed by atoms with Gasteiger partial charge in [0.15, 0.2) is 0 Å². The molecule has 1 aromatic rings. The van der Waals surface area contributed by atoms with E-state index < -0.39 is 5.97 Å². The Labute approximate surface area is 112 Å². The van der Waals surface area contributed by atoms with Crippen LogP contribution in [0.5, 0.6) is 5.88 Å². The minimum Gasteiger partial charge on any atom is -0.481 e. The van der Waals surface area contributed by atoms with Gasteiger partial charge < -0.3 is 14.9 Å². The van der Waals surface area contributed by atoms with E-state index in [9.17, 15) is 4.79 Å². The maximum absolute atomic E-state index is 11.0. The van der Waals surface area contributed by atoms with Crippen LogP contribution >= 0.6 is 0 Å². The molecule has 1 heterocycles. The Morgan fingerprint density at radius 1 is 1.53 bits per heavy atom. The lowest BCUT2D eigenvalue weighted by Gasteiger charge is -2.39. The average molecular weight is 265 g/mol.